The number of benzene rings is 1. The number of carbonyl (C=O) groups is 2. The molecule has 1 aliphatic rings. The molecule has 1 amide bonds. The van der Waals surface area contributed by atoms with Gasteiger partial charge in [0.15, 0.2) is 0 Å². The van der Waals surface area contributed by atoms with Crippen LogP contribution in [0.4, 0.5) is 0 Å². The van der Waals surface area contributed by atoms with E-state index < -0.39 is 17.3 Å². The fourth-order valence-electron chi connectivity index (χ4n) is 2.02. The maximum absolute atomic E-state index is 12.1. The maximum Gasteiger partial charge on any atom is 0.318 e. The van der Waals surface area contributed by atoms with Gasteiger partial charge in [-0.3, -0.25) is 9.59 Å². The molecule has 2 N–H and O–H groups in total. The summed E-state index contributed by atoms with van der Waals surface area (Å²) in [5.74, 6) is -0.727. The van der Waals surface area contributed by atoms with Crippen molar-refractivity contribution >= 4 is 11.9 Å². The second kappa shape index (κ2) is 6.61. The van der Waals surface area contributed by atoms with Crippen molar-refractivity contribution in [2.75, 3.05) is 6.61 Å². The first-order chi connectivity index (χ1) is 10.0. The van der Waals surface area contributed by atoms with Crippen molar-refractivity contribution in [1.29, 1.82) is 0 Å². The molecule has 1 aromatic carbocycles. The van der Waals surface area contributed by atoms with Gasteiger partial charge in [-0.1, -0.05) is 18.2 Å². The van der Waals surface area contributed by atoms with Crippen LogP contribution in [0.15, 0.2) is 30.3 Å². The second-order valence-electron chi connectivity index (χ2n) is 5.65. The minimum Gasteiger partial charge on any atom is -0.494 e. The summed E-state index contributed by atoms with van der Waals surface area (Å²) >= 11 is 0. The Morgan fingerprint density at radius 2 is 2.00 bits per heavy atom. The quantitative estimate of drug-likeness (QED) is 0.569. The van der Waals surface area contributed by atoms with E-state index in [4.69, 9.17) is 4.74 Å². The van der Waals surface area contributed by atoms with Crippen LogP contribution < -0.4 is 10.1 Å². The van der Waals surface area contributed by atoms with Crippen LogP contribution in [0.5, 0.6) is 5.75 Å². The summed E-state index contributed by atoms with van der Waals surface area (Å²) in [5.41, 5.74) is -1.39. The van der Waals surface area contributed by atoms with E-state index >= 15 is 0 Å². The Kier molecular flexibility index (Phi) is 4.83. The smallest absolute Gasteiger partial charge is 0.318 e. The maximum atomic E-state index is 12.1. The third-order valence-corrected chi connectivity index (χ3v) is 3.72. The van der Waals surface area contributed by atoms with Gasteiger partial charge < -0.3 is 15.2 Å². The highest BCUT2D eigenvalue weighted by Crippen LogP contribution is 2.27. The molecule has 0 radical (unpaired) electrons. The largest absolute Gasteiger partial charge is 0.494 e. The molecule has 5 nitrogen and oxygen atoms in total. The van der Waals surface area contributed by atoms with Crippen molar-refractivity contribution in [2.24, 2.45) is 5.41 Å². The fourth-order valence-corrected chi connectivity index (χ4v) is 2.02. The normalized spacial score (nSPS) is 16.8. The predicted octanol–water partition coefficient (Wildman–Crippen LogP) is 2.22. The molecular weight excluding hydrogens is 270 g/mol. The second-order valence-corrected chi connectivity index (χ2v) is 5.65. The molecule has 0 aliphatic heterocycles. The zero-order valence-electron chi connectivity index (χ0n) is 12.2. The minimum absolute atomic E-state index is 0.164. The van der Waals surface area contributed by atoms with Gasteiger partial charge in [-0.2, -0.15) is 0 Å². The molecule has 1 unspecified atom stereocenters. The van der Waals surface area contributed by atoms with E-state index in [0.29, 0.717) is 13.0 Å². The minimum atomic E-state index is -1.39. The number of rotatable bonds is 8. The summed E-state index contributed by atoms with van der Waals surface area (Å²) in [4.78, 5) is 23.5. The summed E-state index contributed by atoms with van der Waals surface area (Å²) in [6.07, 6.45) is 2.65. The summed E-state index contributed by atoms with van der Waals surface area (Å²) in [7, 11) is 0. The Hall–Kier alpha value is -2.04. The van der Waals surface area contributed by atoms with Crippen LogP contribution in [0, 0.1) is 5.41 Å². The number of ether oxygens (including phenoxy) is 1. The van der Waals surface area contributed by atoms with Crippen molar-refractivity contribution in [3.8, 4) is 5.75 Å². The number of aliphatic carboxylic acids is 1. The molecule has 1 fully saturated rings. The number of nitrogens with one attached hydrogen (secondary N) is 1. The Morgan fingerprint density at radius 1 is 1.33 bits per heavy atom. The van der Waals surface area contributed by atoms with Gasteiger partial charge in [0.05, 0.1) is 6.61 Å². The van der Waals surface area contributed by atoms with Gasteiger partial charge in [0.2, 0.25) is 5.91 Å². The fraction of sp³-hybridized carbons (Fsp3) is 0.500. The zero-order chi connectivity index (χ0) is 15.3. The number of hydrogen-bond donors (Lipinski definition) is 2. The van der Waals surface area contributed by atoms with Crippen LogP contribution in [-0.2, 0) is 9.59 Å². The molecule has 5 heteroatoms. The lowest BCUT2D eigenvalue weighted by molar-refractivity contribution is -0.155. The number of carboxylic acids is 1. The van der Waals surface area contributed by atoms with Gasteiger partial charge >= 0.3 is 5.97 Å². The molecule has 114 valence electrons. The van der Waals surface area contributed by atoms with Crippen molar-refractivity contribution < 1.29 is 19.4 Å². The van der Waals surface area contributed by atoms with Crippen molar-refractivity contribution in [3.63, 3.8) is 0 Å². The highest BCUT2D eigenvalue weighted by molar-refractivity contribution is 6.01. The molecule has 1 saturated carbocycles. The van der Waals surface area contributed by atoms with Crippen molar-refractivity contribution in [2.45, 2.75) is 38.6 Å². The van der Waals surface area contributed by atoms with E-state index in [1.54, 1.807) is 0 Å². The van der Waals surface area contributed by atoms with Crippen LogP contribution in [0.1, 0.15) is 32.6 Å². The van der Waals surface area contributed by atoms with Crippen LogP contribution in [0.3, 0.4) is 0 Å². The van der Waals surface area contributed by atoms with Gasteiger partial charge in [-0.15, -0.1) is 0 Å². The number of carboxylic acid groups (broad SMARTS) is 1. The molecule has 0 aromatic heterocycles. The van der Waals surface area contributed by atoms with E-state index in [2.05, 4.69) is 5.32 Å². The lowest BCUT2D eigenvalue weighted by Crippen LogP contribution is -2.45. The van der Waals surface area contributed by atoms with Crippen LogP contribution >= 0.6 is 0 Å². The molecule has 21 heavy (non-hydrogen) atoms. The number of para-hydroxylation sites is 1. The average Bonchev–Trinajstić information content (AvgIpc) is 3.28. The van der Waals surface area contributed by atoms with E-state index in [1.807, 2.05) is 30.3 Å². The molecule has 1 aliphatic carbocycles. The Labute approximate surface area is 124 Å². The first-order valence-corrected chi connectivity index (χ1v) is 7.24. The topological polar surface area (TPSA) is 75.6 Å². The summed E-state index contributed by atoms with van der Waals surface area (Å²) in [5, 5.41) is 12.1. The molecule has 0 spiro atoms. The van der Waals surface area contributed by atoms with E-state index in [0.717, 1.165) is 18.6 Å². The molecule has 1 aromatic rings. The van der Waals surface area contributed by atoms with Crippen molar-refractivity contribution in [1.82, 2.24) is 5.32 Å². The summed E-state index contributed by atoms with van der Waals surface area (Å²) < 4.78 is 5.53. The van der Waals surface area contributed by atoms with Gasteiger partial charge in [0, 0.05) is 6.04 Å². The van der Waals surface area contributed by atoms with E-state index in [1.165, 1.54) is 6.92 Å². The van der Waals surface area contributed by atoms with Gasteiger partial charge in [-0.25, -0.2) is 0 Å². The van der Waals surface area contributed by atoms with Gasteiger partial charge in [-0.05, 0) is 44.7 Å². The lowest BCUT2D eigenvalue weighted by atomic mass is 9.84. The van der Waals surface area contributed by atoms with Crippen LogP contribution in [0.25, 0.3) is 0 Å². The third-order valence-electron chi connectivity index (χ3n) is 3.72. The third kappa shape index (κ3) is 4.21. The molecule has 0 saturated heterocycles. The van der Waals surface area contributed by atoms with Gasteiger partial charge in [0.25, 0.3) is 0 Å². The number of amides is 1. The highest BCUT2D eigenvalue weighted by atomic mass is 16.5. The first kappa shape index (κ1) is 15.4. The Balaban J connectivity index is 1.81. The summed E-state index contributed by atoms with van der Waals surface area (Å²) in [6, 6.07) is 9.50. The Morgan fingerprint density at radius 3 is 2.57 bits per heavy atom. The zero-order valence-corrected chi connectivity index (χ0v) is 12.2. The van der Waals surface area contributed by atoms with E-state index in [-0.39, 0.29) is 12.5 Å². The van der Waals surface area contributed by atoms with E-state index in [9.17, 15) is 14.7 Å². The van der Waals surface area contributed by atoms with Gasteiger partial charge in [0.1, 0.15) is 11.2 Å². The lowest BCUT2D eigenvalue weighted by Gasteiger charge is -2.23. The molecule has 2 rings (SSSR count). The predicted molar refractivity (Wildman–Crippen MR) is 78.1 cm³/mol. The van der Waals surface area contributed by atoms with Crippen LogP contribution in [0.2, 0.25) is 0 Å². The SMILES string of the molecule is CC(CCCOc1ccccc1)(C(=O)O)C(=O)NC1CC1. The van der Waals surface area contributed by atoms with Crippen LogP contribution in [-0.4, -0.2) is 29.6 Å². The Bertz CT molecular complexity index is 498. The molecule has 0 heterocycles. The van der Waals surface area contributed by atoms with Crippen molar-refractivity contribution in [3.05, 3.63) is 30.3 Å². The average molecular weight is 291 g/mol. The molecule has 0 bridgehead atoms. The summed E-state index contributed by atoms with van der Waals surface area (Å²) in [6.45, 7) is 1.87. The number of carbonyl (C=O) groups excluding carboxylic acids is 1. The number of hydrogen-bond acceptors (Lipinski definition) is 3. The molecular formula is C16H21NO4. The standard InChI is InChI=1S/C16H21NO4/c1-16(15(19)20,14(18)17-12-8-9-12)10-5-11-21-13-6-3-2-4-7-13/h2-4,6-7,12H,5,8-11H2,1H3,(H,17,18)(H,19,20). The first-order valence-electron chi connectivity index (χ1n) is 7.24. The monoisotopic (exact) mass is 291 g/mol. The molecule has 1 atom stereocenters. The highest BCUT2D eigenvalue weighted by Gasteiger charge is 2.42.